The lowest BCUT2D eigenvalue weighted by Gasteiger charge is -2.14. The third kappa shape index (κ3) is 4.74. The molecule has 0 saturated heterocycles. The van der Waals surface area contributed by atoms with E-state index in [0.717, 1.165) is 17.7 Å². The SMILES string of the molecule is Cn1cc(Nc2cc(=O)[nH]cc2C=N)cn1.N#Cc1ccc2c(c1)CCCC2. The van der Waals surface area contributed by atoms with Gasteiger partial charge in [0.15, 0.2) is 0 Å². The second kappa shape index (κ2) is 8.82. The maximum atomic E-state index is 11.2. The Labute approximate surface area is 163 Å². The maximum absolute atomic E-state index is 11.2. The van der Waals surface area contributed by atoms with E-state index in [9.17, 15) is 4.79 Å². The molecule has 28 heavy (non-hydrogen) atoms. The van der Waals surface area contributed by atoms with E-state index >= 15 is 0 Å². The van der Waals surface area contributed by atoms with Crippen molar-refractivity contribution < 1.29 is 0 Å². The Hall–Kier alpha value is -3.66. The second-order valence-electron chi connectivity index (χ2n) is 6.64. The van der Waals surface area contributed by atoms with Crippen LogP contribution in [-0.4, -0.2) is 21.0 Å². The first-order chi connectivity index (χ1) is 13.6. The zero-order valence-electron chi connectivity index (χ0n) is 15.7. The molecule has 0 aliphatic heterocycles. The van der Waals surface area contributed by atoms with Gasteiger partial charge in [-0.1, -0.05) is 6.07 Å². The molecule has 7 heteroatoms. The predicted octanol–water partition coefficient (Wildman–Crippen LogP) is 3.29. The summed E-state index contributed by atoms with van der Waals surface area (Å²) in [6.45, 7) is 0. The Bertz CT molecular complexity index is 1070. The Kier molecular flexibility index (Phi) is 6.02. The van der Waals surface area contributed by atoms with Crippen molar-refractivity contribution in [2.75, 3.05) is 5.32 Å². The number of rotatable bonds is 3. The van der Waals surface area contributed by atoms with Crippen molar-refractivity contribution in [3.63, 3.8) is 0 Å². The zero-order chi connectivity index (χ0) is 19.9. The molecule has 1 aliphatic rings. The van der Waals surface area contributed by atoms with Crippen molar-refractivity contribution >= 4 is 17.6 Å². The highest BCUT2D eigenvalue weighted by atomic mass is 16.1. The van der Waals surface area contributed by atoms with E-state index in [1.807, 2.05) is 12.1 Å². The van der Waals surface area contributed by atoms with E-state index < -0.39 is 0 Å². The van der Waals surface area contributed by atoms with Gasteiger partial charge in [0.25, 0.3) is 0 Å². The number of aromatic amines is 1. The van der Waals surface area contributed by atoms with E-state index in [2.05, 4.69) is 27.5 Å². The highest BCUT2D eigenvalue weighted by Gasteiger charge is 2.08. The maximum Gasteiger partial charge on any atom is 0.250 e. The van der Waals surface area contributed by atoms with Crippen LogP contribution in [0, 0.1) is 16.7 Å². The number of pyridine rings is 1. The summed E-state index contributed by atoms with van der Waals surface area (Å²) < 4.78 is 1.65. The van der Waals surface area contributed by atoms with Gasteiger partial charge < -0.3 is 15.7 Å². The van der Waals surface area contributed by atoms with Crippen molar-refractivity contribution in [1.82, 2.24) is 14.8 Å². The van der Waals surface area contributed by atoms with Gasteiger partial charge in [0.1, 0.15) is 0 Å². The summed E-state index contributed by atoms with van der Waals surface area (Å²) in [5, 5.41) is 22.9. The average Bonchev–Trinajstić information content (AvgIpc) is 3.13. The van der Waals surface area contributed by atoms with Crippen LogP contribution in [0.4, 0.5) is 11.4 Å². The average molecular weight is 374 g/mol. The molecule has 3 N–H and O–H groups in total. The Morgan fingerprint density at radius 1 is 1.29 bits per heavy atom. The number of fused-ring (bicyclic) bond motifs is 1. The van der Waals surface area contributed by atoms with Gasteiger partial charge in [-0.05, 0) is 48.9 Å². The molecule has 0 fully saturated rings. The van der Waals surface area contributed by atoms with Crippen LogP contribution in [0.2, 0.25) is 0 Å². The van der Waals surface area contributed by atoms with Crippen LogP contribution in [0.15, 0.2) is 47.7 Å². The third-order valence-corrected chi connectivity index (χ3v) is 4.57. The molecule has 3 aromatic rings. The molecule has 0 amide bonds. The zero-order valence-corrected chi connectivity index (χ0v) is 15.7. The first-order valence-electron chi connectivity index (χ1n) is 9.10. The van der Waals surface area contributed by atoms with Gasteiger partial charge in [0, 0.05) is 37.3 Å². The highest BCUT2D eigenvalue weighted by Crippen LogP contribution is 2.21. The molecule has 4 rings (SSSR count). The lowest BCUT2D eigenvalue weighted by atomic mass is 9.91. The van der Waals surface area contributed by atoms with Crippen LogP contribution in [0.5, 0.6) is 0 Å². The lowest BCUT2D eigenvalue weighted by Crippen LogP contribution is -2.07. The van der Waals surface area contributed by atoms with E-state index in [1.165, 1.54) is 48.9 Å². The van der Waals surface area contributed by atoms with Gasteiger partial charge in [-0.2, -0.15) is 10.4 Å². The predicted molar refractivity (Wildman–Crippen MR) is 109 cm³/mol. The molecule has 7 nitrogen and oxygen atoms in total. The fourth-order valence-corrected chi connectivity index (χ4v) is 3.15. The fraction of sp³-hybridized carbons (Fsp3) is 0.238. The number of anilines is 2. The van der Waals surface area contributed by atoms with Gasteiger partial charge in [-0.3, -0.25) is 9.48 Å². The first kappa shape index (κ1) is 19.1. The minimum Gasteiger partial charge on any atom is -0.352 e. The molecule has 0 bridgehead atoms. The standard InChI is InChI=1S/C11H11N.C10H11N5O/c12-8-9-5-6-10-3-1-2-4-11(10)7-9;1-15-6-8(5-13-15)14-9-2-10(16)12-4-7(9)3-11/h5-7H,1-4H2;2-6,11H,1H3,(H2,12,14,16). The van der Waals surface area contributed by atoms with Crippen LogP contribution in [0.3, 0.4) is 0 Å². The molecule has 0 radical (unpaired) electrons. The number of aromatic nitrogens is 3. The van der Waals surface area contributed by atoms with E-state index in [0.29, 0.717) is 11.3 Å². The Morgan fingerprint density at radius 3 is 2.75 bits per heavy atom. The van der Waals surface area contributed by atoms with Gasteiger partial charge in [-0.25, -0.2) is 0 Å². The molecule has 0 unspecified atom stereocenters. The van der Waals surface area contributed by atoms with E-state index in [-0.39, 0.29) is 5.56 Å². The van der Waals surface area contributed by atoms with Crippen molar-refractivity contribution in [3.8, 4) is 6.07 Å². The van der Waals surface area contributed by atoms with Gasteiger partial charge in [-0.15, -0.1) is 0 Å². The summed E-state index contributed by atoms with van der Waals surface area (Å²) in [6, 6.07) is 9.65. The molecular formula is C21H22N6O. The summed E-state index contributed by atoms with van der Waals surface area (Å²) in [5.74, 6) is 0. The van der Waals surface area contributed by atoms with Crippen molar-refractivity contribution in [3.05, 3.63) is 75.5 Å². The summed E-state index contributed by atoms with van der Waals surface area (Å²) in [6.07, 6.45) is 11.0. The number of nitrogens with zero attached hydrogens (tertiary/aromatic N) is 3. The minimum absolute atomic E-state index is 0.211. The van der Waals surface area contributed by atoms with Crippen LogP contribution in [0.1, 0.15) is 35.1 Å². The molecule has 1 aliphatic carbocycles. The largest absolute Gasteiger partial charge is 0.352 e. The number of hydrogen-bond donors (Lipinski definition) is 3. The number of aryl methyl sites for hydroxylation is 3. The normalized spacial score (nSPS) is 12.1. The molecule has 0 atom stereocenters. The van der Waals surface area contributed by atoms with Gasteiger partial charge >= 0.3 is 0 Å². The highest BCUT2D eigenvalue weighted by molar-refractivity contribution is 5.86. The summed E-state index contributed by atoms with van der Waals surface area (Å²) in [4.78, 5) is 13.7. The van der Waals surface area contributed by atoms with Crippen molar-refractivity contribution in [2.45, 2.75) is 25.7 Å². The molecular weight excluding hydrogens is 352 g/mol. The van der Waals surface area contributed by atoms with Crippen LogP contribution in [-0.2, 0) is 19.9 Å². The third-order valence-electron chi connectivity index (χ3n) is 4.57. The van der Waals surface area contributed by atoms with E-state index in [1.54, 1.807) is 24.1 Å². The fourth-order valence-electron chi connectivity index (χ4n) is 3.15. The number of nitrogens with one attached hydrogen (secondary N) is 3. The first-order valence-corrected chi connectivity index (χ1v) is 9.10. The monoisotopic (exact) mass is 374 g/mol. The smallest absolute Gasteiger partial charge is 0.250 e. The van der Waals surface area contributed by atoms with Crippen molar-refractivity contribution in [2.24, 2.45) is 7.05 Å². The number of H-pyrrole nitrogens is 1. The van der Waals surface area contributed by atoms with Crippen LogP contribution < -0.4 is 10.9 Å². The molecule has 1 aromatic carbocycles. The Balaban J connectivity index is 0.000000167. The molecule has 2 aromatic heterocycles. The molecule has 0 spiro atoms. The second-order valence-corrected chi connectivity index (χ2v) is 6.64. The molecule has 2 heterocycles. The van der Waals surface area contributed by atoms with Gasteiger partial charge in [0.2, 0.25) is 5.56 Å². The summed E-state index contributed by atoms with van der Waals surface area (Å²) in [7, 11) is 1.81. The topological polar surface area (TPSA) is 110 Å². The lowest BCUT2D eigenvalue weighted by molar-refractivity contribution is 0.685. The number of benzene rings is 1. The van der Waals surface area contributed by atoms with Gasteiger partial charge in [0.05, 0.1) is 29.2 Å². The van der Waals surface area contributed by atoms with E-state index in [4.69, 9.17) is 10.7 Å². The van der Waals surface area contributed by atoms with Crippen LogP contribution >= 0.6 is 0 Å². The number of nitriles is 1. The summed E-state index contributed by atoms with van der Waals surface area (Å²) >= 11 is 0. The number of hydrogen-bond acceptors (Lipinski definition) is 5. The molecule has 0 saturated carbocycles. The quantitative estimate of drug-likeness (QED) is 0.611. The van der Waals surface area contributed by atoms with Crippen molar-refractivity contribution in [1.29, 1.82) is 10.7 Å². The van der Waals surface area contributed by atoms with Crippen LogP contribution in [0.25, 0.3) is 0 Å². The minimum atomic E-state index is -0.211. The molecule has 142 valence electrons. The summed E-state index contributed by atoms with van der Waals surface area (Å²) in [5.41, 5.74) is 5.40. The Morgan fingerprint density at radius 2 is 2.07 bits per heavy atom.